The second-order valence-electron chi connectivity index (χ2n) is 14.2. The molecule has 4 aliphatic rings. The number of hydrogen-bond acceptors (Lipinski definition) is 4. The molecule has 0 aromatic rings. The van der Waals surface area contributed by atoms with Crippen LogP contribution in [0.3, 0.4) is 0 Å². The molecule has 0 radical (unpaired) electrons. The van der Waals surface area contributed by atoms with E-state index in [-0.39, 0.29) is 22.7 Å². The van der Waals surface area contributed by atoms with Crippen molar-refractivity contribution in [3.63, 3.8) is 0 Å². The highest BCUT2D eigenvalue weighted by Gasteiger charge is 2.76. The number of fused-ring (bicyclic) bond motifs is 5. The highest BCUT2D eigenvalue weighted by atomic mass is 16.5. The van der Waals surface area contributed by atoms with E-state index in [2.05, 4.69) is 40.7 Å². The zero-order valence-corrected chi connectivity index (χ0v) is 22.9. The fourth-order valence-corrected chi connectivity index (χ4v) is 10.2. The number of Topliss-reactive ketones (excluding diaryl/α,β-unsaturated/α-hetero) is 1. The molecular weight excluding hydrogens is 424 g/mol. The zero-order chi connectivity index (χ0) is 25.5. The van der Waals surface area contributed by atoms with Crippen molar-refractivity contribution in [3.8, 4) is 0 Å². The molecule has 0 aromatic heterocycles. The van der Waals surface area contributed by atoms with Gasteiger partial charge in [0.1, 0.15) is 0 Å². The van der Waals surface area contributed by atoms with E-state index in [9.17, 15) is 20.1 Å². The highest BCUT2D eigenvalue weighted by molar-refractivity contribution is 5.90. The Morgan fingerprint density at radius 3 is 2.21 bits per heavy atom. The third-order valence-corrected chi connectivity index (χ3v) is 12.4. The van der Waals surface area contributed by atoms with Crippen molar-refractivity contribution in [2.75, 3.05) is 0 Å². The molecule has 194 valence electrons. The summed E-state index contributed by atoms with van der Waals surface area (Å²) >= 11 is 0. The predicted molar refractivity (Wildman–Crippen MR) is 136 cm³/mol. The van der Waals surface area contributed by atoms with Crippen LogP contribution in [0.2, 0.25) is 0 Å². The molecule has 0 bridgehead atoms. The second kappa shape index (κ2) is 8.15. The standard InChI is InChI=1S/C30H50O4/c1-18(2)10-9-11-19(3)20-14-16-27(6)21(20)12-13-23-28(27,7)17-15-22-26(4,5)24(31)25(32)30(33,34)29(22,23)8/h10,19-23,25,32-34H,9,11-17H2,1-8H3/t19-,20+,21+,22-,23-,25?,27+,28+,29-/m0/s1. The van der Waals surface area contributed by atoms with E-state index in [4.69, 9.17) is 0 Å². The number of allylic oxidation sites excluding steroid dienone is 2. The van der Waals surface area contributed by atoms with Gasteiger partial charge in [-0.05, 0) is 106 Å². The molecule has 0 spiro atoms. The Bertz CT molecular complexity index is 854. The number of carbonyl (C=O) groups excluding carboxylic acids is 1. The fraction of sp³-hybridized carbons (Fsp3) is 0.900. The topological polar surface area (TPSA) is 77.8 Å². The molecule has 9 atom stereocenters. The monoisotopic (exact) mass is 474 g/mol. The molecule has 4 heteroatoms. The Morgan fingerprint density at radius 2 is 1.59 bits per heavy atom. The molecule has 0 saturated heterocycles. The molecule has 4 rings (SSSR count). The smallest absolute Gasteiger partial charge is 0.202 e. The Morgan fingerprint density at radius 1 is 0.971 bits per heavy atom. The Labute approximate surface area is 207 Å². The van der Waals surface area contributed by atoms with Gasteiger partial charge in [-0.3, -0.25) is 4.79 Å². The summed E-state index contributed by atoms with van der Waals surface area (Å²) in [6.45, 7) is 17.5. The summed E-state index contributed by atoms with van der Waals surface area (Å²) in [4.78, 5) is 13.0. The minimum atomic E-state index is -2.39. The number of carbonyl (C=O) groups is 1. The molecule has 4 aliphatic carbocycles. The molecule has 0 heterocycles. The summed E-state index contributed by atoms with van der Waals surface area (Å²) in [5.74, 6) is -0.824. The normalized spacial score (nSPS) is 47.9. The van der Waals surface area contributed by atoms with E-state index in [1.165, 1.54) is 24.8 Å². The van der Waals surface area contributed by atoms with E-state index < -0.39 is 28.5 Å². The number of ketones is 1. The maximum Gasteiger partial charge on any atom is 0.202 e. The minimum Gasteiger partial charge on any atom is -0.380 e. The first kappa shape index (κ1) is 26.4. The van der Waals surface area contributed by atoms with Gasteiger partial charge < -0.3 is 15.3 Å². The lowest BCUT2D eigenvalue weighted by Crippen LogP contribution is -2.76. The van der Waals surface area contributed by atoms with Crippen LogP contribution in [0.4, 0.5) is 0 Å². The molecular formula is C30H50O4. The van der Waals surface area contributed by atoms with Crippen molar-refractivity contribution in [1.29, 1.82) is 0 Å². The van der Waals surface area contributed by atoms with Gasteiger partial charge in [0.15, 0.2) is 11.9 Å². The summed E-state index contributed by atoms with van der Waals surface area (Å²) < 4.78 is 0. The average molecular weight is 475 g/mol. The van der Waals surface area contributed by atoms with Gasteiger partial charge in [-0.25, -0.2) is 0 Å². The highest BCUT2D eigenvalue weighted by Crippen LogP contribution is 2.76. The summed E-state index contributed by atoms with van der Waals surface area (Å²) in [5.41, 5.74) is -0.180. The fourth-order valence-electron chi connectivity index (χ4n) is 10.2. The Balaban J connectivity index is 1.68. The zero-order valence-electron chi connectivity index (χ0n) is 22.9. The number of rotatable bonds is 4. The van der Waals surface area contributed by atoms with Gasteiger partial charge in [-0.2, -0.15) is 0 Å². The van der Waals surface area contributed by atoms with Crippen molar-refractivity contribution >= 4 is 5.78 Å². The van der Waals surface area contributed by atoms with E-state index >= 15 is 0 Å². The van der Waals surface area contributed by atoms with Gasteiger partial charge in [0, 0.05) is 10.8 Å². The van der Waals surface area contributed by atoms with Gasteiger partial charge in [0.25, 0.3) is 0 Å². The predicted octanol–water partition coefficient (Wildman–Crippen LogP) is 5.88. The van der Waals surface area contributed by atoms with Crippen LogP contribution in [0.1, 0.15) is 107 Å². The van der Waals surface area contributed by atoms with E-state index in [1.807, 2.05) is 20.8 Å². The molecule has 34 heavy (non-hydrogen) atoms. The summed E-state index contributed by atoms with van der Waals surface area (Å²) in [6, 6.07) is 0. The third-order valence-electron chi connectivity index (χ3n) is 12.4. The summed E-state index contributed by atoms with van der Waals surface area (Å²) in [6.07, 6.45) is 9.34. The van der Waals surface area contributed by atoms with Gasteiger partial charge in [-0.1, -0.05) is 53.2 Å². The van der Waals surface area contributed by atoms with E-state index in [0.717, 1.165) is 38.0 Å². The molecule has 0 amide bonds. The van der Waals surface area contributed by atoms with Gasteiger partial charge >= 0.3 is 0 Å². The number of hydrogen-bond donors (Lipinski definition) is 3. The van der Waals surface area contributed by atoms with Crippen molar-refractivity contribution in [1.82, 2.24) is 0 Å². The molecule has 4 fully saturated rings. The first-order valence-electron chi connectivity index (χ1n) is 13.9. The largest absolute Gasteiger partial charge is 0.380 e. The second-order valence-corrected chi connectivity index (χ2v) is 14.2. The lowest BCUT2D eigenvalue weighted by atomic mass is 9.34. The molecule has 4 nitrogen and oxygen atoms in total. The van der Waals surface area contributed by atoms with Crippen molar-refractivity contribution in [3.05, 3.63) is 11.6 Å². The maximum absolute atomic E-state index is 13.0. The van der Waals surface area contributed by atoms with Crippen LogP contribution in [-0.4, -0.2) is 33.0 Å². The molecule has 4 saturated carbocycles. The quantitative estimate of drug-likeness (QED) is 0.351. The van der Waals surface area contributed by atoms with E-state index in [0.29, 0.717) is 11.8 Å². The molecule has 1 unspecified atom stereocenters. The first-order valence-corrected chi connectivity index (χ1v) is 13.9. The lowest BCUT2D eigenvalue weighted by molar-refractivity contribution is -0.361. The minimum absolute atomic E-state index is 0.0392. The molecule has 0 aliphatic heterocycles. The van der Waals surface area contributed by atoms with Crippen molar-refractivity contribution < 1.29 is 20.1 Å². The summed E-state index contributed by atoms with van der Waals surface area (Å²) in [5, 5.41) is 33.7. The van der Waals surface area contributed by atoms with Crippen LogP contribution in [0.25, 0.3) is 0 Å². The van der Waals surface area contributed by atoms with Crippen LogP contribution < -0.4 is 0 Å². The molecule has 0 aromatic carbocycles. The van der Waals surface area contributed by atoms with Gasteiger partial charge in [-0.15, -0.1) is 0 Å². The average Bonchev–Trinajstić information content (AvgIpc) is 3.09. The Kier molecular flexibility index (Phi) is 6.32. The molecule has 3 N–H and O–H groups in total. The SMILES string of the molecule is CC(C)=CCC[C@H](C)[C@H]1CC[C@]2(C)[C@@H]1CC[C@@H]1[C@]3(C)[C@@H](CC[C@]12C)C(C)(C)C(=O)C(O)C3(O)O. The van der Waals surface area contributed by atoms with Crippen LogP contribution in [0.15, 0.2) is 11.6 Å². The van der Waals surface area contributed by atoms with E-state index in [1.54, 1.807) is 0 Å². The summed E-state index contributed by atoms with van der Waals surface area (Å²) in [7, 11) is 0. The number of aliphatic hydroxyl groups excluding tert-OH is 1. The van der Waals surface area contributed by atoms with Crippen LogP contribution in [-0.2, 0) is 4.79 Å². The van der Waals surface area contributed by atoms with Crippen LogP contribution in [0, 0.1) is 51.2 Å². The van der Waals surface area contributed by atoms with Gasteiger partial charge in [0.05, 0.1) is 0 Å². The lowest BCUT2D eigenvalue weighted by Gasteiger charge is -2.71. The van der Waals surface area contributed by atoms with Crippen LogP contribution in [0.5, 0.6) is 0 Å². The number of aliphatic hydroxyl groups is 3. The first-order chi connectivity index (χ1) is 15.6. The van der Waals surface area contributed by atoms with Crippen molar-refractivity contribution in [2.24, 2.45) is 51.2 Å². The maximum atomic E-state index is 13.0. The van der Waals surface area contributed by atoms with Crippen molar-refractivity contribution in [2.45, 2.75) is 119 Å². The van der Waals surface area contributed by atoms with Crippen LogP contribution >= 0.6 is 0 Å². The third kappa shape index (κ3) is 3.23. The van der Waals surface area contributed by atoms with Gasteiger partial charge in [0.2, 0.25) is 5.79 Å². The Hall–Kier alpha value is -0.710.